The molecule has 0 radical (unpaired) electrons. The molecule has 86 valence electrons. The summed E-state index contributed by atoms with van der Waals surface area (Å²) < 4.78 is 0. The van der Waals surface area contributed by atoms with Gasteiger partial charge in [0.1, 0.15) is 16.8 Å². The summed E-state index contributed by atoms with van der Waals surface area (Å²) in [6.45, 7) is 5.99. The SMILES string of the molecule is C=C(Cl)CNc1nc(C2CC2)nc(Cl)c1C. The first-order valence-corrected chi connectivity index (χ1v) is 5.94. The second kappa shape index (κ2) is 4.60. The van der Waals surface area contributed by atoms with Crippen LogP contribution in [-0.2, 0) is 0 Å². The molecule has 1 N–H and O–H groups in total. The van der Waals surface area contributed by atoms with Gasteiger partial charge in [-0.15, -0.1) is 0 Å². The van der Waals surface area contributed by atoms with Gasteiger partial charge in [-0.3, -0.25) is 0 Å². The Balaban J connectivity index is 2.23. The molecule has 1 fully saturated rings. The predicted octanol–water partition coefficient (Wildman–Crippen LogP) is 3.48. The number of rotatable bonds is 4. The van der Waals surface area contributed by atoms with E-state index in [4.69, 9.17) is 23.2 Å². The number of nitrogens with zero attached hydrogens (tertiary/aromatic N) is 2. The molecule has 0 unspecified atom stereocenters. The molecule has 0 bridgehead atoms. The van der Waals surface area contributed by atoms with Gasteiger partial charge < -0.3 is 5.32 Å². The quantitative estimate of drug-likeness (QED) is 0.840. The van der Waals surface area contributed by atoms with Crippen LogP contribution in [0.4, 0.5) is 5.82 Å². The van der Waals surface area contributed by atoms with Gasteiger partial charge in [0.2, 0.25) is 0 Å². The summed E-state index contributed by atoms with van der Waals surface area (Å²) >= 11 is 11.8. The summed E-state index contributed by atoms with van der Waals surface area (Å²) in [4.78, 5) is 8.74. The molecule has 0 aromatic carbocycles. The van der Waals surface area contributed by atoms with Crippen molar-refractivity contribution in [2.24, 2.45) is 0 Å². The lowest BCUT2D eigenvalue weighted by Gasteiger charge is -2.10. The van der Waals surface area contributed by atoms with Crippen LogP contribution in [0.3, 0.4) is 0 Å². The Bertz CT molecular complexity index is 427. The van der Waals surface area contributed by atoms with E-state index in [0.29, 0.717) is 22.6 Å². The van der Waals surface area contributed by atoms with Crippen molar-refractivity contribution in [3.05, 3.63) is 28.2 Å². The van der Waals surface area contributed by atoms with Crippen molar-refractivity contribution in [2.45, 2.75) is 25.7 Å². The molecule has 1 saturated carbocycles. The fourth-order valence-corrected chi connectivity index (χ4v) is 1.62. The van der Waals surface area contributed by atoms with Crippen LogP contribution in [0, 0.1) is 6.92 Å². The summed E-state index contributed by atoms with van der Waals surface area (Å²) in [5.41, 5.74) is 0.851. The molecule has 0 aliphatic heterocycles. The average molecular weight is 258 g/mol. The summed E-state index contributed by atoms with van der Waals surface area (Å²) in [6, 6.07) is 0. The van der Waals surface area contributed by atoms with E-state index in [2.05, 4.69) is 21.9 Å². The van der Waals surface area contributed by atoms with E-state index in [1.165, 1.54) is 0 Å². The van der Waals surface area contributed by atoms with Crippen LogP contribution in [0.25, 0.3) is 0 Å². The van der Waals surface area contributed by atoms with E-state index in [0.717, 1.165) is 30.0 Å². The van der Waals surface area contributed by atoms with E-state index < -0.39 is 0 Å². The minimum Gasteiger partial charge on any atom is -0.365 e. The average Bonchev–Trinajstić information content (AvgIpc) is 3.03. The lowest BCUT2D eigenvalue weighted by Crippen LogP contribution is -2.08. The maximum atomic E-state index is 6.06. The van der Waals surface area contributed by atoms with Crippen molar-refractivity contribution >= 4 is 29.0 Å². The van der Waals surface area contributed by atoms with E-state index in [9.17, 15) is 0 Å². The van der Waals surface area contributed by atoms with Gasteiger partial charge >= 0.3 is 0 Å². The van der Waals surface area contributed by atoms with E-state index in [1.807, 2.05) is 6.92 Å². The molecule has 1 aromatic heterocycles. The van der Waals surface area contributed by atoms with Crippen LogP contribution in [0.15, 0.2) is 11.6 Å². The van der Waals surface area contributed by atoms with Crippen molar-refractivity contribution in [1.29, 1.82) is 0 Å². The Morgan fingerprint density at radius 1 is 1.50 bits per heavy atom. The first kappa shape index (κ1) is 11.7. The maximum Gasteiger partial charge on any atom is 0.137 e. The topological polar surface area (TPSA) is 37.8 Å². The second-order valence-corrected chi connectivity index (χ2v) is 4.88. The third-order valence-corrected chi connectivity index (χ3v) is 3.00. The lowest BCUT2D eigenvalue weighted by atomic mass is 10.3. The number of aromatic nitrogens is 2. The third kappa shape index (κ3) is 2.66. The van der Waals surface area contributed by atoms with Crippen LogP contribution in [0.2, 0.25) is 5.15 Å². The Kier molecular flexibility index (Phi) is 3.36. The molecular weight excluding hydrogens is 245 g/mol. The van der Waals surface area contributed by atoms with Gasteiger partial charge in [-0.2, -0.15) is 0 Å². The molecule has 0 atom stereocenters. The normalized spacial score (nSPS) is 14.9. The number of nitrogens with one attached hydrogen (secondary N) is 1. The van der Waals surface area contributed by atoms with Crippen LogP contribution in [-0.4, -0.2) is 16.5 Å². The molecule has 2 rings (SSSR count). The van der Waals surface area contributed by atoms with Gasteiger partial charge in [0, 0.05) is 16.5 Å². The molecule has 1 aliphatic carbocycles. The molecule has 5 heteroatoms. The first-order chi connectivity index (χ1) is 7.58. The van der Waals surface area contributed by atoms with Gasteiger partial charge in [-0.1, -0.05) is 29.8 Å². The first-order valence-electron chi connectivity index (χ1n) is 5.19. The maximum absolute atomic E-state index is 6.06. The Morgan fingerprint density at radius 2 is 2.19 bits per heavy atom. The van der Waals surface area contributed by atoms with Gasteiger partial charge in [0.05, 0.1) is 6.54 Å². The van der Waals surface area contributed by atoms with Crippen LogP contribution in [0.5, 0.6) is 0 Å². The van der Waals surface area contributed by atoms with E-state index in [1.54, 1.807) is 0 Å². The molecule has 0 spiro atoms. The molecule has 3 nitrogen and oxygen atoms in total. The Labute approximate surface area is 105 Å². The summed E-state index contributed by atoms with van der Waals surface area (Å²) in [5.74, 6) is 2.07. The monoisotopic (exact) mass is 257 g/mol. The highest BCUT2D eigenvalue weighted by Gasteiger charge is 2.27. The summed E-state index contributed by atoms with van der Waals surface area (Å²) in [5, 5.41) is 4.17. The van der Waals surface area contributed by atoms with Gasteiger partial charge in [0.15, 0.2) is 0 Å². The fraction of sp³-hybridized carbons (Fsp3) is 0.455. The van der Waals surface area contributed by atoms with Gasteiger partial charge in [0.25, 0.3) is 0 Å². The Hall–Kier alpha value is -0.800. The third-order valence-electron chi connectivity index (χ3n) is 2.49. The number of anilines is 1. The minimum absolute atomic E-state index is 0.484. The smallest absolute Gasteiger partial charge is 0.137 e. The number of hydrogen-bond donors (Lipinski definition) is 1. The zero-order valence-corrected chi connectivity index (χ0v) is 10.6. The molecule has 1 aliphatic rings. The fourth-order valence-electron chi connectivity index (χ4n) is 1.38. The number of halogens is 2. The van der Waals surface area contributed by atoms with E-state index in [-0.39, 0.29) is 0 Å². The van der Waals surface area contributed by atoms with Crippen molar-refractivity contribution in [3.63, 3.8) is 0 Å². The standard InChI is InChI=1S/C11H13Cl2N3/c1-6(12)5-14-10-7(2)9(13)15-11(16-10)8-3-4-8/h8H,1,3-5H2,2H3,(H,14,15,16). The highest BCUT2D eigenvalue weighted by Crippen LogP contribution is 2.39. The lowest BCUT2D eigenvalue weighted by molar-refractivity contribution is 0.917. The van der Waals surface area contributed by atoms with Gasteiger partial charge in [-0.05, 0) is 19.8 Å². The zero-order valence-electron chi connectivity index (χ0n) is 9.06. The Morgan fingerprint density at radius 3 is 2.75 bits per heavy atom. The molecule has 16 heavy (non-hydrogen) atoms. The second-order valence-electron chi connectivity index (χ2n) is 3.99. The van der Waals surface area contributed by atoms with Crippen molar-refractivity contribution < 1.29 is 0 Å². The van der Waals surface area contributed by atoms with Crippen molar-refractivity contribution in [2.75, 3.05) is 11.9 Å². The number of hydrogen-bond acceptors (Lipinski definition) is 3. The minimum atomic E-state index is 0.484. The highest BCUT2D eigenvalue weighted by molar-refractivity contribution is 6.30. The zero-order chi connectivity index (χ0) is 11.7. The van der Waals surface area contributed by atoms with Gasteiger partial charge in [-0.25, -0.2) is 9.97 Å². The van der Waals surface area contributed by atoms with Crippen molar-refractivity contribution in [1.82, 2.24) is 9.97 Å². The van der Waals surface area contributed by atoms with E-state index >= 15 is 0 Å². The molecule has 0 saturated heterocycles. The van der Waals surface area contributed by atoms with Crippen LogP contribution >= 0.6 is 23.2 Å². The molecule has 1 aromatic rings. The largest absolute Gasteiger partial charge is 0.365 e. The van der Waals surface area contributed by atoms with Crippen molar-refractivity contribution in [3.8, 4) is 0 Å². The molecule has 0 amide bonds. The summed E-state index contributed by atoms with van der Waals surface area (Å²) in [6.07, 6.45) is 2.31. The summed E-state index contributed by atoms with van der Waals surface area (Å²) in [7, 11) is 0. The van der Waals surface area contributed by atoms with Crippen LogP contribution in [0.1, 0.15) is 30.1 Å². The predicted molar refractivity (Wildman–Crippen MR) is 67.2 cm³/mol. The molecular formula is C11H13Cl2N3. The van der Waals surface area contributed by atoms with Crippen LogP contribution < -0.4 is 5.32 Å². The highest BCUT2D eigenvalue weighted by atomic mass is 35.5. The molecule has 1 heterocycles.